The first-order chi connectivity index (χ1) is 3.42. The summed E-state index contributed by atoms with van der Waals surface area (Å²) in [5.74, 6) is 4.79. The third kappa shape index (κ3) is 6.02. The lowest BCUT2D eigenvalue weighted by Gasteiger charge is -2.03. The van der Waals surface area contributed by atoms with Crippen LogP contribution in [0.15, 0.2) is 0 Å². The molecule has 0 saturated heterocycles. The van der Waals surface area contributed by atoms with Gasteiger partial charge in [0, 0.05) is 12.0 Å². The van der Waals surface area contributed by atoms with E-state index in [1.807, 2.05) is 13.8 Å². The molecule has 0 aliphatic heterocycles. The fourth-order valence-corrected chi connectivity index (χ4v) is 2.12. The van der Waals surface area contributed by atoms with E-state index in [2.05, 4.69) is 5.87 Å². The second-order valence-corrected chi connectivity index (χ2v) is 5.45. The van der Waals surface area contributed by atoms with E-state index in [1.165, 1.54) is 0 Å². The van der Waals surface area contributed by atoms with Crippen LogP contribution in [0.5, 0.6) is 0 Å². The van der Waals surface area contributed by atoms with E-state index < -0.39 is 9.52 Å². The molecule has 0 spiro atoms. The van der Waals surface area contributed by atoms with Crippen molar-refractivity contribution in [2.24, 2.45) is 5.92 Å². The zero-order chi connectivity index (χ0) is 6.78. The number of hydrogen-bond donors (Lipinski definition) is 0. The van der Waals surface area contributed by atoms with Crippen molar-refractivity contribution in [2.45, 2.75) is 13.8 Å². The maximum absolute atomic E-state index is 10.9. The molecule has 1 nitrogen and oxygen atoms in total. The van der Waals surface area contributed by atoms with Gasteiger partial charge in [-0.15, -0.1) is 0 Å². The zero-order valence-electron chi connectivity index (χ0n) is 5.81. The fraction of sp³-hybridized carbons (Fsp3) is 0.833. The van der Waals surface area contributed by atoms with Crippen LogP contribution in [0.4, 0.5) is 0 Å². The van der Waals surface area contributed by atoms with Crippen LogP contribution in [0.25, 0.3) is 0 Å². The van der Waals surface area contributed by atoms with Gasteiger partial charge >= 0.3 is 0 Å². The van der Waals surface area contributed by atoms with E-state index in [0.717, 1.165) is 5.75 Å². The predicted octanol–water partition coefficient (Wildman–Crippen LogP) is 0.989. The lowest BCUT2D eigenvalue weighted by atomic mass is 10.3. The van der Waals surface area contributed by atoms with Gasteiger partial charge in [-0.25, -0.2) is 0 Å². The van der Waals surface area contributed by atoms with Gasteiger partial charge in [0.2, 0.25) is 0 Å². The van der Waals surface area contributed by atoms with Crippen LogP contribution >= 0.6 is 0 Å². The Morgan fingerprint density at radius 1 is 1.62 bits per heavy atom. The third-order valence-corrected chi connectivity index (χ3v) is 2.06. The molecule has 0 heterocycles. The molecule has 0 aromatic carbocycles. The molecule has 8 heavy (non-hydrogen) atoms. The molecule has 2 heteroatoms. The van der Waals surface area contributed by atoms with Crippen LogP contribution in [-0.4, -0.2) is 22.1 Å². The first-order valence-corrected chi connectivity index (χ1v) is 5.02. The summed E-state index contributed by atoms with van der Waals surface area (Å²) < 4.78 is 10.9. The van der Waals surface area contributed by atoms with Crippen LogP contribution < -0.4 is 0 Å². The highest BCUT2D eigenvalue weighted by molar-refractivity contribution is 7.99. The highest BCUT2D eigenvalue weighted by Crippen LogP contribution is 1.95. The summed E-state index contributed by atoms with van der Waals surface area (Å²) in [6.07, 6.45) is 1.70. The molecule has 0 amide bonds. The smallest absolute Gasteiger partial charge is 0.0179 e. The van der Waals surface area contributed by atoms with Gasteiger partial charge in [0.15, 0.2) is 0 Å². The predicted molar refractivity (Wildman–Crippen MR) is 40.9 cm³/mol. The van der Waals surface area contributed by atoms with Gasteiger partial charge < -0.3 is 0 Å². The molecule has 1 atom stereocenters. The molecule has 0 N–H and O–H groups in total. The Hall–Kier alpha value is 0.0200. The van der Waals surface area contributed by atoms with Crippen molar-refractivity contribution < 1.29 is 4.21 Å². The van der Waals surface area contributed by atoms with Crippen molar-refractivity contribution in [3.05, 3.63) is 0 Å². The Bertz CT molecular complexity index is 142. The first-order valence-electron chi connectivity index (χ1n) is 2.72. The lowest BCUT2D eigenvalue weighted by Crippen LogP contribution is -2.08. The average Bonchev–Trinajstić information content (AvgIpc) is 1.21. The van der Waals surface area contributed by atoms with Gasteiger partial charge in [-0.05, 0) is 21.3 Å². The summed E-state index contributed by atoms with van der Waals surface area (Å²) >= 11 is 0. The maximum Gasteiger partial charge on any atom is 0.0179 e. The summed E-state index contributed by atoms with van der Waals surface area (Å²) in [5, 5.41) is 0. The molecule has 50 valence electrons. The van der Waals surface area contributed by atoms with E-state index >= 15 is 0 Å². The Balaban J connectivity index is 3.75. The van der Waals surface area contributed by atoms with Gasteiger partial charge in [-0.1, -0.05) is 13.8 Å². The first kappa shape index (κ1) is 8.02. The van der Waals surface area contributed by atoms with Crippen molar-refractivity contribution in [3.8, 4) is 0 Å². The van der Waals surface area contributed by atoms with Crippen molar-refractivity contribution >= 4 is 15.4 Å². The molecule has 1 unspecified atom stereocenters. The third-order valence-electron chi connectivity index (χ3n) is 0.686. The standard InChI is InChI=1S/C6H14OS/c1-6(2)5-8(3,4)7/h6H,3,5H2,1-2,4H3. The average molecular weight is 134 g/mol. The highest BCUT2D eigenvalue weighted by atomic mass is 32.2. The minimum atomic E-state index is -1.72. The Labute approximate surface area is 52.1 Å². The summed E-state index contributed by atoms with van der Waals surface area (Å²) in [4.78, 5) is 0. The van der Waals surface area contributed by atoms with Crippen molar-refractivity contribution in [3.63, 3.8) is 0 Å². The molecule has 0 fully saturated rings. The Kier molecular flexibility index (Phi) is 2.54. The van der Waals surface area contributed by atoms with Crippen molar-refractivity contribution in [2.75, 3.05) is 12.0 Å². The van der Waals surface area contributed by atoms with Crippen LogP contribution in [0.1, 0.15) is 13.8 Å². The molecule has 0 aromatic rings. The van der Waals surface area contributed by atoms with Crippen molar-refractivity contribution in [1.29, 1.82) is 0 Å². The minimum Gasteiger partial charge on any atom is -0.268 e. The monoisotopic (exact) mass is 134 g/mol. The summed E-state index contributed by atoms with van der Waals surface area (Å²) in [5.41, 5.74) is 0. The summed E-state index contributed by atoms with van der Waals surface area (Å²) in [6.45, 7) is 4.10. The van der Waals surface area contributed by atoms with E-state index in [1.54, 1.807) is 6.26 Å². The van der Waals surface area contributed by atoms with Gasteiger partial charge in [0.1, 0.15) is 0 Å². The van der Waals surface area contributed by atoms with E-state index in [4.69, 9.17) is 0 Å². The molecule has 0 aliphatic rings. The van der Waals surface area contributed by atoms with Crippen molar-refractivity contribution in [1.82, 2.24) is 0 Å². The molecule has 0 aliphatic carbocycles. The fourth-order valence-electron chi connectivity index (χ4n) is 0.705. The van der Waals surface area contributed by atoms with Crippen LogP contribution in [-0.2, 0) is 9.52 Å². The largest absolute Gasteiger partial charge is 0.268 e. The normalized spacial score (nSPS) is 18.5. The van der Waals surface area contributed by atoms with Crippen LogP contribution in [0.3, 0.4) is 0 Å². The Morgan fingerprint density at radius 3 is 2.00 bits per heavy atom. The topological polar surface area (TPSA) is 17.1 Å². The van der Waals surface area contributed by atoms with E-state index in [0.29, 0.717) is 5.92 Å². The second kappa shape index (κ2) is 2.53. The van der Waals surface area contributed by atoms with Crippen LogP contribution in [0.2, 0.25) is 0 Å². The molecule has 0 radical (unpaired) electrons. The highest BCUT2D eigenvalue weighted by Gasteiger charge is 1.97. The van der Waals surface area contributed by atoms with Gasteiger partial charge in [-0.3, -0.25) is 4.21 Å². The quantitative estimate of drug-likeness (QED) is 0.515. The minimum absolute atomic E-state index is 0.505. The Morgan fingerprint density at radius 2 is 2.00 bits per heavy atom. The SMILES string of the molecule is C=S(C)(=O)CC(C)C. The summed E-state index contributed by atoms with van der Waals surface area (Å²) in [6, 6.07) is 0. The van der Waals surface area contributed by atoms with Gasteiger partial charge in [-0.2, -0.15) is 0 Å². The molecule has 0 aromatic heterocycles. The number of hydrogen-bond acceptors (Lipinski definition) is 1. The summed E-state index contributed by atoms with van der Waals surface area (Å²) in [7, 11) is -1.72. The van der Waals surface area contributed by atoms with Crippen LogP contribution in [0, 0.1) is 5.92 Å². The molecule has 0 bridgehead atoms. The van der Waals surface area contributed by atoms with E-state index in [-0.39, 0.29) is 0 Å². The lowest BCUT2D eigenvalue weighted by molar-refractivity contribution is 0.667. The van der Waals surface area contributed by atoms with E-state index in [9.17, 15) is 4.21 Å². The number of rotatable bonds is 2. The van der Waals surface area contributed by atoms with Gasteiger partial charge in [0.25, 0.3) is 0 Å². The molecule has 0 rings (SSSR count). The zero-order valence-corrected chi connectivity index (χ0v) is 6.62. The van der Waals surface area contributed by atoms with Gasteiger partial charge in [0.05, 0.1) is 0 Å². The second-order valence-electron chi connectivity index (χ2n) is 2.74. The molecular formula is C6H14OS. The molecular weight excluding hydrogens is 120 g/mol. The molecule has 0 saturated carbocycles. The maximum atomic E-state index is 10.9.